The summed E-state index contributed by atoms with van der Waals surface area (Å²) in [6.07, 6.45) is 0.106. The second kappa shape index (κ2) is 8.92. The Bertz CT molecular complexity index is 956. The summed E-state index contributed by atoms with van der Waals surface area (Å²) in [5.41, 5.74) is 0.856. The number of thiophene rings is 1. The molecule has 3 aromatic rings. The highest BCUT2D eigenvalue weighted by atomic mass is 32.1. The Hall–Kier alpha value is -2.81. The molecular weight excluding hydrogens is 386 g/mol. The fourth-order valence-corrected chi connectivity index (χ4v) is 3.49. The molecule has 0 saturated heterocycles. The van der Waals surface area contributed by atoms with Crippen molar-refractivity contribution in [2.24, 2.45) is 0 Å². The molecule has 28 heavy (non-hydrogen) atoms. The van der Waals surface area contributed by atoms with Gasteiger partial charge in [-0.1, -0.05) is 25.1 Å². The minimum atomic E-state index is -2.71. The minimum absolute atomic E-state index is 0.106. The summed E-state index contributed by atoms with van der Waals surface area (Å²) in [6.45, 7) is -0.605. The summed E-state index contributed by atoms with van der Waals surface area (Å²) in [7, 11) is 0. The molecule has 1 aromatic carbocycles. The van der Waals surface area contributed by atoms with Crippen LogP contribution in [-0.2, 0) is 4.79 Å². The van der Waals surface area contributed by atoms with Gasteiger partial charge in [0.15, 0.2) is 0 Å². The first-order chi connectivity index (χ1) is 13.5. The van der Waals surface area contributed by atoms with Crippen LogP contribution in [0.25, 0.3) is 11.0 Å². The van der Waals surface area contributed by atoms with E-state index in [2.05, 4.69) is 15.6 Å². The molecule has 2 heterocycles. The fraction of sp³-hybridized carbons (Fsp3) is 0.316. The number of fused-ring (bicyclic) bond motifs is 1. The van der Waals surface area contributed by atoms with Gasteiger partial charge in [-0.05, 0) is 23.6 Å². The highest BCUT2D eigenvalue weighted by Gasteiger charge is 2.22. The van der Waals surface area contributed by atoms with E-state index in [1.54, 1.807) is 48.7 Å². The molecule has 0 aliphatic rings. The van der Waals surface area contributed by atoms with E-state index in [4.69, 9.17) is 0 Å². The van der Waals surface area contributed by atoms with Crippen molar-refractivity contribution < 1.29 is 18.4 Å². The van der Waals surface area contributed by atoms with E-state index in [9.17, 15) is 18.4 Å². The van der Waals surface area contributed by atoms with Gasteiger partial charge in [-0.25, -0.2) is 4.98 Å². The predicted octanol–water partition coefficient (Wildman–Crippen LogP) is 3.53. The van der Waals surface area contributed by atoms with Crippen LogP contribution < -0.4 is 10.6 Å². The number of halogens is 2. The van der Waals surface area contributed by atoms with E-state index in [1.807, 2.05) is 0 Å². The highest BCUT2D eigenvalue weighted by Crippen LogP contribution is 2.27. The second-order valence-corrected chi connectivity index (χ2v) is 7.24. The number of benzene rings is 1. The molecule has 0 bridgehead atoms. The lowest BCUT2D eigenvalue weighted by Crippen LogP contribution is -2.32. The van der Waals surface area contributed by atoms with E-state index in [-0.39, 0.29) is 37.1 Å². The number of hydrogen-bond acceptors (Lipinski definition) is 4. The zero-order chi connectivity index (χ0) is 20.1. The number of nitrogens with one attached hydrogen (secondary N) is 2. The molecule has 0 spiro atoms. The molecule has 2 N–H and O–H groups in total. The molecule has 0 aliphatic carbocycles. The first-order valence-corrected chi connectivity index (χ1v) is 9.68. The van der Waals surface area contributed by atoms with Crippen LogP contribution >= 0.6 is 11.3 Å². The second-order valence-electron chi connectivity index (χ2n) is 6.29. The number of para-hydroxylation sites is 2. The van der Waals surface area contributed by atoms with Gasteiger partial charge in [0.05, 0.1) is 15.9 Å². The number of carbonyl (C=O) groups is 2. The average Bonchev–Trinajstić information content (AvgIpc) is 3.33. The van der Waals surface area contributed by atoms with Crippen molar-refractivity contribution in [3.63, 3.8) is 0 Å². The lowest BCUT2D eigenvalue weighted by Gasteiger charge is -2.15. The maximum absolute atomic E-state index is 13.5. The maximum Gasteiger partial charge on any atom is 0.320 e. The molecule has 2 aromatic heterocycles. The van der Waals surface area contributed by atoms with Crippen LogP contribution in [0.15, 0.2) is 41.8 Å². The van der Waals surface area contributed by atoms with Crippen LogP contribution in [0.2, 0.25) is 0 Å². The van der Waals surface area contributed by atoms with E-state index in [1.165, 1.54) is 11.3 Å². The van der Waals surface area contributed by atoms with Gasteiger partial charge in [0.25, 0.3) is 5.91 Å². The monoisotopic (exact) mass is 406 g/mol. The largest absolute Gasteiger partial charge is 0.355 e. The lowest BCUT2D eigenvalue weighted by atomic mass is 10.1. The molecule has 2 amide bonds. The van der Waals surface area contributed by atoms with Gasteiger partial charge in [-0.15, -0.1) is 11.3 Å². The Morgan fingerprint density at radius 3 is 2.68 bits per heavy atom. The Kier molecular flexibility index (Phi) is 6.35. The highest BCUT2D eigenvalue weighted by molar-refractivity contribution is 7.12. The van der Waals surface area contributed by atoms with Crippen LogP contribution in [0.1, 0.15) is 41.3 Å². The number of alkyl halides is 2. The van der Waals surface area contributed by atoms with Crippen LogP contribution in [0.4, 0.5) is 8.78 Å². The average molecular weight is 406 g/mol. The number of hydrogen-bond donors (Lipinski definition) is 2. The number of nitrogens with zero attached hydrogens (tertiary/aromatic N) is 2. The minimum Gasteiger partial charge on any atom is -0.355 e. The van der Waals surface area contributed by atoms with Gasteiger partial charge in [0.1, 0.15) is 5.82 Å². The topological polar surface area (TPSA) is 76.0 Å². The summed E-state index contributed by atoms with van der Waals surface area (Å²) < 4.78 is 27.9. The molecular formula is C19H20F2N4O2S. The smallest absolute Gasteiger partial charge is 0.320 e. The number of imidazole rings is 1. The molecule has 3 rings (SSSR count). The van der Waals surface area contributed by atoms with Crippen LogP contribution in [-0.4, -0.2) is 34.5 Å². The number of carbonyl (C=O) groups excluding carboxylic acids is 2. The van der Waals surface area contributed by atoms with E-state index in [0.717, 1.165) is 4.57 Å². The number of aromatic nitrogens is 2. The van der Waals surface area contributed by atoms with Crippen LogP contribution in [0.5, 0.6) is 0 Å². The predicted molar refractivity (Wildman–Crippen MR) is 104 cm³/mol. The molecule has 1 atom stereocenters. The van der Waals surface area contributed by atoms with Gasteiger partial charge in [0.2, 0.25) is 5.91 Å². The molecule has 0 aliphatic heterocycles. The Morgan fingerprint density at radius 1 is 1.18 bits per heavy atom. The van der Waals surface area contributed by atoms with Crippen molar-refractivity contribution in [3.05, 3.63) is 52.5 Å². The zero-order valence-corrected chi connectivity index (χ0v) is 16.0. The van der Waals surface area contributed by atoms with Crippen molar-refractivity contribution in [2.75, 3.05) is 13.1 Å². The van der Waals surface area contributed by atoms with Gasteiger partial charge >= 0.3 is 6.55 Å². The third-order valence-electron chi connectivity index (χ3n) is 4.25. The van der Waals surface area contributed by atoms with Crippen molar-refractivity contribution >= 4 is 34.2 Å². The van der Waals surface area contributed by atoms with E-state index < -0.39 is 12.5 Å². The summed E-state index contributed by atoms with van der Waals surface area (Å²) in [5, 5.41) is 7.19. The van der Waals surface area contributed by atoms with Crippen molar-refractivity contribution in [2.45, 2.75) is 25.8 Å². The van der Waals surface area contributed by atoms with Gasteiger partial charge in [0, 0.05) is 25.4 Å². The molecule has 9 heteroatoms. The van der Waals surface area contributed by atoms with Crippen molar-refractivity contribution in [1.82, 2.24) is 20.2 Å². The van der Waals surface area contributed by atoms with Crippen molar-refractivity contribution in [1.29, 1.82) is 0 Å². The fourth-order valence-electron chi connectivity index (χ4n) is 2.85. The lowest BCUT2D eigenvalue weighted by molar-refractivity contribution is -0.121. The van der Waals surface area contributed by atoms with E-state index >= 15 is 0 Å². The quantitative estimate of drug-likeness (QED) is 0.601. The molecule has 148 valence electrons. The third-order valence-corrected chi connectivity index (χ3v) is 5.12. The third kappa shape index (κ3) is 4.53. The SMILES string of the molecule is C[C@@H](CNC(=O)CCNC(=O)c1cccs1)c1nc2ccccc2n1C(F)F. The first-order valence-electron chi connectivity index (χ1n) is 8.80. The van der Waals surface area contributed by atoms with E-state index in [0.29, 0.717) is 15.9 Å². The van der Waals surface area contributed by atoms with Gasteiger partial charge in [-0.2, -0.15) is 8.78 Å². The van der Waals surface area contributed by atoms with Crippen LogP contribution in [0, 0.1) is 0 Å². The molecule has 6 nitrogen and oxygen atoms in total. The Balaban J connectivity index is 1.53. The molecule has 0 unspecified atom stereocenters. The molecule has 0 fully saturated rings. The Labute approximate surface area is 164 Å². The summed E-state index contributed by atoms with van der Waals surface area (Å²) >= 11 is 1.32. The van der Waals surface area contributed by atoms with Gasteiger partial charge < -0.3 is 10.6 Å². The maximum atomic E-state index is 13.5. The van der Waals surface area contributed by atoms with Crippen LogP contribution in [0.3, 0.4) is 0 Å². The molecule has 0 saturated carbocycles. The Morgan fingerprint density at radius 2 is 1.96 bits per heavy atom. The van der Waals surface area contributed by atoms with Crippen molar-refractivity contribution in [3.8, 4) is 0 Å². The number of rotatable bonds is 8. The summed E-state index contributed by atoms with van der Waals surface area (Å²) in [6, 6.07) is 10.2. The zero-order valence-electron chi connectivity index (χ0n) is 15.2. The van der Waals surface area contributed by atoms with Gasteiger partial charge in [-0.3, -0.25) is 14.2 Å². The summed E-state index contributed by atoms with van der Waals surface area (Å²) in [5.74, 6) is -0.659. The molecule has 0 radical (unpaired) electrons. The normalized spacial score (nSPS) is 12.3. The summed E-state index contributed by atoms with van der Waals surface area (Å²) in [4.78, 5) is 28.7. The first kappa shape index (κ1) is 19.9. The standard InChI is InChI=1S/C19H20F2N4O2S/c1-12(17-24-13-5-2-3-6-14(13)25(17)19(20)21)11-23-16(26)8-9-22-18(27)15-7-4-10-28-15/h2-7,10,12,19H,8-9,11H2,1H3,(H,22,27)(H,23,26)/t12-/m0/s1. The number of amides is 2.